The summed E-state index contributed by atoms with van der Waals surface area (Å²) in [6, 6.07) is 11.9. The van der Waals surface area contributed by atoms with Crippen LogP contribution in [0.5, 0.6) is 0 Å². The lowest BCUT2D eigenvalue weighted by atomic mass is 9.83. The zero-order valence-electron chi connectivity index (χ0n) is 43.6. The van der Waals surface area contributed by atoms with Gasteiger partial charge in [0.15, 0.2) is 0 Å². The van der Waals surface area contributed by atoms with Crippen LogP contribution >= 0.6 is 0 Å². The number of alkyl halides is 2. The van der Waals surface area contributed by atoms with Gasteiger partial charge in [-0.05, 0) is 135 Å². The number of nitrogens with zero attached hydrogens (tertiary/aromatic N) is 5. The van der Waals surface area contributed by atoms with Gasteiger partial charge in [0.05, 0.1) is 23.4 Å². The summed E-state index contributed by atoms with van der Waals surface area (Å²) in [6.45, 7) is 12.6. The van der Waals surface area contributed by atoms with Crippen LogP contribution in [0.4, 0.5) is 8.78 Å². The standard InChI is InChI=1S/C58H72F2N8O6/c1-6-66-45-18-17-37-29-41(45)42(50(66)40-13-9-21-61-46(40)33(2)3)30-57(4,5)32-74-55(72)43-14-10-22-68(64-43)53(70)44(27-34-25-38(37)28-39(26-34)51(59)60)62-52(69)49(36-11-7-8-12-36)67-24-20-58(56(67)73)19-23-65(31-58)54(71)48-47(63-48)35-15-16-35/h9,13,17-18,21,25-26,28-29,33,35-36,43-44,47-49,51,63-64H,6-8,10-12,14-16,19-20,22-24,27,30-32H2,1-5H3,(H,62,69)/t43-,44-,47+,48+,49-,58-/m0/s1. The maximum Gasteiger partial charge on any atom is 0.324 e. The van der Waals surface area contributed by atoms with E-state index in [9.17, 15) is 14.4 Å². The van der Waals surface area contributed by atoms with Crippen LogP contribution in [0.25, 0.3) is 33.3 Å². The fraction of sp³-hybridized carbons (Fsp3) is 0.586. The van der Waals surface area contributed by atoms with Crippen LogP contribution in [-0.2, 0) is 48.1 Å². The zero-order valence-corrected chi connectivity index (χ0v) is 43.6. The minimum Gasteiger partial charge on any atom is -0.464 e. The number of carbonyl (C=O) groups is 5. The third-order valence-corrected chi connectivity index (χ3v) is 17.5. The van der Waals surface area contributed by atoms with Gasteiger partial charge in [-0.1, -0.05) is 58.7 Å². The molecule has 6 atom stereocenters. The van der Waals surface area contributed by atoms with E-state index in [0.717, 1.165) is 71.9 Å². The van der Waals surface area contributed by atoms with Gasteiger partial charge in [0.25, 0.3) is 12.3 Å². The van der Waals surface area contributed by atoms with Crippen LogP contribution in [0.15, 0.2) is 54.7 Å². The van der Waals surface area contributed by atoms with Crippen molar-refractivity contribution in [1.82, 2.24) is 40.4 Å². The highest BCUT2D eigenvalue weighted by molar-refractivity contribution is 5.97. The monoisotopic (exact) mass is 1010 g/mol. The first kappa shape index (κ1) is 50.4. The van der Waals surface area contributed by atoms with E-state index in [1.165, 1.54) is 17.1 Å². The second-order valence-electron chi connectivity index (χ2n) is 23.7. The predicted octanol–water partition coefficient (Wildman–Crippen LogP) is 7.86. The van der Waals surface area contributed by atoms with Crippen molar-refractivity contribution in [2.24, 2.45) is 22.7 Å². The highest BCUT2D eigenvalue weighted by Crippen LogP contribution is 2.47. The van der Waals surface area contributed by atoms with Crippen molar-refractivity contribution in [2.45, 2.75) is 161 Å². The molecule has 2 saturated carbocycles. The van der Waals surface area contributed by atoms with Gasteiger partial charge in [0.1, 0.15) is 24.2 Å². The lowest BCUT2D eigenvalue weighted by Gasteiger charge is -2.37. The number of esters is 1. The van der Waals surface area contributed by atoms with Gasteiger partial charge >= 0.3 is 5.97 Å². The molecule has 74 heavy (non-hydrogen) atoms. The topological polar surface area (TPSA) is 168 Å². The van der Waals surface area contributed by atoms with Crippen molar-refractivity contribution in [3.05, 3.63) is 77.1 Å². The average Bonchev–Trinajstić information content (AvgIpc) is 4.22. The summed E-state index contributed by atoms with van der Waals surface area (Å²) >= 11 is 0. The lowest BCUT2D eigenvalue weighted by molar-refractivity contribution is -0.155. The number of hydrogen-bond acceptors (Lipinski definition) is 9. The van der Waals surface area contributed by atoms with Crippen molar-refractivity contribution >= 4 is 40.5 Å². The fourth-order valence-corrected chi connectivity index (χ4v) is 13.4. The molecule has 11 rings (SSSR count). The highest BCUT2D eigenvalue weighted by atomic mass is 19.3. The largest absolute Gasteiger partial charge is 0.464 e. The first-order chi connectivity index (χ1) is 35.5. The van der Waals surface area contributed by atoms with E-state index in [2.05, 4.69) is 67.4 Å². The molecular formula is C58H72F2N8O6. The van der Waals surface area contributed by atoms with Gasteiger partial charge < -0.3 is 24.4 Å². The number of amides is 4. The predicted molar refractivity (Wildman–Crippen MR) is 276 cm³/mol. The van der Waals surface area contributed by atoms with Crippen LogP contribution in [0, 0.1) is 22.7 Å². The van der Waals surface area contributed by atoms with E-state index in [1.54, 1.807) is 4.90 Å². The van der Waals surface area contributed by atoms with Crippen LogP contribution in [-0.4, -0.2) is 117 Å². The minimum atomic E-state index is -2.83. The van der Waals surface area contributed by atoms with Crippen LogP contribution in [0.3, 0.4) is 0 Å². The number of carbonyl (C=O) groups excluding carboxylic acids is 5. The van der Waals surface area contributed by atoms with E-state index in [0.29, 0.717) is 80.9 Å². The number of cyclic esters (lactones) is 1. The normalized spacial score (nSPS) is 26.9. The molecule has 7 heterocycles. The first-order valence-corrected chi connectivity index (χ1v) is 27.5. The Morgan fingerprint density at radius 1 is 0.932 bits per heavy atom. The Morgan fingerprint density at radius 2 is 1.72 bits per heavy atom. The maximum absolute atomic E-state index is 15.2. The quantitative estimate of drug-likeness (QED) is 0.106. The van der Waals surface area contributed by atoms with Gasteiger partial charge in [-0.15, -0.1) is 0 Å². The van der Waals surface area contributed by atoms with Gasteiger partial charge in [0, 0.05) is 78.8 Å². The van der Waals surface area contributed by atoms with Gasteiger partial charge in [-0.25, -0.2) is 14.2 Å². The Labute approximate surface area is 432 Å². The van der Waals surface area contributed by atoms with Gasteiger partial charge in [0.2, 0.25) is 17.7 Å². The third-order valence-electron chi connectivity index (χ3n) is 17.5. The molecule has 394 valence electrons. The summed E-state index contributed by atoms with van der Waals surface area (Å²) in [5.41, 5.74) is 8.25. The molecule has 6 fully saturated rings. The molecule has 4 saturated heterocycles. The molecule has 4 amide bonds. The molecule has 0 unspecified atom stereocenters. The van der Waals surface area contributed by atoms with E-state index in [1.807, 2.05) is 35.4 Å². The van der Waals surface area contributed by atoms with Crippen molar-refractivity contribution < 1.29 is 37.5 Å². The maximum atomic E-state index is 15.2. The molecule has 2 aliphatic carbocycles. The average molecular weight is 1020 g/mol. The number of likely N-dealkylation sites (tertiary alicyclic amines) is 2. The van der Waals surface area contributed by atoms with Gasteiger partial charge in [-0.2, -0.15) is 0 Å². The molecule has 3 N–H and O–H groups in total. The molecule has 7 aliphatic rings. The smallest absolute Gasteiger partial charge is 0.324 e. The number of fused-ring (bicyclic) bond motifs is 6. The number of rotatable bonds is 10. The summed E-state index contributed by atoms with van der Waals surface area (Å²) in [4.78, 5) is 81.2. The molecule has 14 nitrogen and oxygen atoms in total. The summed E-state index contributed by atoms with van der Waals surface area (Å²) in [5, 5.41) is 8.80. The van der Waals surface area contributed by atoms with Crippen molar-refractivity contribution in [3.63, 3.8) is 0 Å². The Kier molecular flexibility index (Phi) is 13.5. The Balaban J connectivity index is 0.961. The van der Waals surface area contributed by atoms with Crippen LogP contribution in [0.1, 0.15) is 134 Å². The van der Waals surface area contributed by atoms with Crippen molar-refractivity contribution in [2.75, 3.05) is 32.8 Å². The molecule has 16 heteroatoms. The summed E-state index contributed by atoms with van der Waals surface area (Å²) in [6.07, 6.45) is 6.86. The van der Waals surface area contributed by atoms with E-state index < -0.39 is 53.2 Å². The second-order valence-corrected chi connectivity index (χ2v) is 23.7. The summed E-state index contributed by atoms with van der Waals surface area (Å²) in [5.74, 6) is -1.02. The highest BCUT2D eigenvalue weighted by Gasteiger charge is 2.58. The number of aryl methyl sites for hydroxylation is 1. The van der Waals surface area contributed by atoms with E-state index in [4.69, 9.17) is 9.72 Å². The van der Waals surface area contributed by atoms with E-state index >= 15 is 18.4 Å². The number of nitrogens with one attached hydrogen (secondary N) is 3. The minimum absolute atomic E-state index is 0.0560. The Hall–Kier alpha value is -5.74. The zero-order chi connectivity index (χ0) is 51.8. The number of hydrogen-bond donors (Lipinski definition) is 3. The second kappa shape index (κ2) is 19.8. The molecule has 5 aliphatic heterocycles. The third kappa shape index (κ3) is 9.51. The van der Waals surface area contributed by atoms with Crippen LogP contribution in [0.2, 0.25) is 0 Å². The molecule has 1 spiro atoms. The van der Waals surface area contributed by atoms with Gasteiger partial charge in [-0.3, -0.25) is 39.3 Å². The molecule has 0 radical (unpaired) electrons. The number of hydrazine groups is 1. The number of aromatic nitrogens is 2. The molecule has 2 aromatic heterocycles. The molecule has 2 aromatic carbocycles. The number of pyridine rings is 1. The van der Waals surface area contributed by atoms with Crippen molar-refractivity contribution in [1.29, 1.82) is 0 Å². The Morgan fingerprint density at radius 3 is 2.46 bits per heavy atom. The van der Waals surface area contributed by atoms with Crippen LogP contribution < -0.4 is 16.1 Å². The Bertz CT molecular complexity index is 2870. The summed E-state index contributed by atoms with van der Waals surface area (Å²) in [7, 11) is 0. The van der Waals surface area contributed by atoms with E-state index in [-0.39, 0.29) is 60.9 Å². The fourth-order valence-electron chi connectivity index (χ4n) is 13.4. The number of ether oxygens (including phenoxy) is 1. The molecular weight excluding hydrogens is 943 g/mol. The van der Waals surface area contributed by atoms with Crippen molar-refractivity contribution in [3.8, 4) is 22.4 Å². The molecule has 4 aromatic rings. The number of benzene rings is 2. The SMILES string of the molecule is CCn1c(-c2cccnc2C(C)C)c2c3cc(ccc31)-c1cc(cc(C(F)F)c1)C[C@H](NC(=O)[C@H](C1CCCC1)N1CC[C@]3(CCN(C(=O)[C@@H]4N[C@@H]4C4CC4)C3)C1=O)C(=O)N1CCC[C@H](N1)C(=O)OCC(C)(C)C2. The number of halogens is 2. The lowest BCUT2D eigenvalue weighted by Crippen LogP contribution is -2.62. The first-order valence-electron chi connectivity index (χ1n) is 27.5. The molecule has 6 bridgehead atoms. The summed E-state index contributed by atoms with van der Waals surface area (Å²) < 4.78 is 38.8.